The largest absolute Gasteiger partial charge is 0.455 e. The van der Waals surface area contributed by atoms with Crippen molar-refractivity contribution in [1.29, 1.82) is 0 Å². The normalized spacial score (nSPS) is 12.0. The average molecular weight is 1520 g/mol. The molecule has 27 aromatic rings. The summed E-state index contributed by atoms with van der Waals surface area (Å²) in [6.45, 7) is 0. The van der Waals surface area contributed by atoms with E-state index in [1.54, 1.807) is 0 Å². The molecule has 556 valence electrons. The van der Waals surface area contributed by atoms with E-state index in [2.05, 4.69) is 402 Å². The zero-order chi connectivity index (χ0) is 77.9. The van der Waals surface area contributed by atoms with Crippen molar-refractivity contribution < 1.29 is 26.5 Å². The number of aromatic nitrogens is 3. The molecule has 0 amide bonds. The summed E-state index contributed by atoms with van der Waals surface area (Å²) in [5, 5.41) is 17.9. The molecule has 27 rings (SSSR count). The van der Waals surface area contributed by atoms with Gasteiger partial charge in [-0.25, -0.2) is 0 Å². The molecule has 0 spiro atoms. The Morgan fingerprint density at radius 1 is 0.160 bits per heavy atom. The zero-order valence-electron chi connectivity index (χ0n) is 63.8. The fourth-order valence-electron chi connectivity index (χ4n) is 18.9. The Labute approximate surface area is 678 Å². The third-order valence-electron chi connectivity index (χ3n) is 24.2. The van der Waals surface area contributed by atoms with E-state index < -0.39 is 0 Å². The Morgan fingerprint density at radius 3 is 1.07 bits per heavy atom. The number of rotatable bonds is 7. The molecule has 0 saturated carbocycles. The van der Waals surface area contributed by atoms with E-state index in [9.17, 15) is 0 Å². The van der Waals surface area contributed by atoms with E-state index in [0.29, 0.717) is 0 Å². The van der Waals surface area contributed by atoms with Crippen molar-refractivity contribution in [2.75, 3.05) is 0 Å². The van der Waals surface area contributed by atoms with Crippen LogP contribution in [0, 0.1) is 0 Å². The lowest BCUT2D eigenvalue weighted by Gasteiger charge is -2.09. The van der Waals surface area contributed by atoms with Crippen molar-refractivity contribution in [2.45, 2.75) is 0 Å². The lowest BCUT2D eigenvalue weighted by atomic mass is 9.98. The summed E-state index contributed by atoms with van der Waals surface area (Å²) < 4.78 is 46.8. The van der Waals surface area contributed by atoms with Gasteiger partial charge < -0.3 is 40.2 Å². The lowest BCUT2D eigenvalue weighted by Crippen LogP contribution is -1.93. The molecule has 9 aromatic heterocycles. The molecule has 0 aliphatic rings. The maximum atomic E-state index is 6.79. The minimum absolute atomic E-state index is 0.867. The van der Waals surface area contributed by atoms with Crippen LogP contribution in [0.25, 0.3) is 248 Å². The summed E-state index contributed by atoms with van der Waals surface area (Å²) in [5.74, 6) is 0. The van der Waals surface area contributed by atoms with E-state index >= 15 is 0 Å². The number of hydrogen-bond acceptors (Lipinski definition) is 6. The monoisotopic (exact) mass is 1520 g/mol. The van der Waals surface area contributed by atoms with Crippen LogP contribution < -0.4 is 0 Å². The fourth-order valence-corrected chi connectivity index (χ4v) is 18.9. The Kier molecular flexibility index (Phi) is 14.6. The molecule has 119 heavy (non-hydrogen) atoms. The van der Waals surface area contributed by atoms with Gasteiger partial charge in [0.25, 0.3) is 0 Å². The van der Waals surface area contributed by atoms with Gasteiger partial charge in [-0.3, -0.25) is 0 Å². The van der Waals surface area contributed by atoms with E-state index in [0.717, 1.165) is 226 Å². The molecule has 18 aromatic carbocycles. The quantitative estimate of drug-likeness (QED) is 0.158. The number of hydrogen-bond donors (Lipinski definition) is 0. The van der Waals surface area contributed by atoms with Gasteiger partial charge >= 0.3 is 0 Å². The SMILES string of the molecule is c1ccc(-c2ccc3oc4c(-c5cccc6c5oc5c7ccccc7n(-c7ccccc7)c65)cccc4c3c2)cc1.c1ccc(-n2c3ccccc3c3oc4ccc(-c5cccc6c5oc5c7ccccc7ccc65)cc4c32)cc1.c1ccc(-n2c3ccccc3c3oc4cccc(-c5cccc6c5oc5c7ccccc7ccc65)c4c32)cc1. The molecule has 9 nitrogen and oxygen atoms in total. The first-order chi connectivity index (χ1) is 59.1. The van der Waals surface area contributed by atoms with Gasteiger partial charge in [0.2, 0.25) is 0 Å². The minimum atomic E-state index is 0.867. The Bertz CT molecular complexity index is 8810. The Balaban J connectivity index is 0.0000000992. The minimum Gasteiger partial charge on any atom is -0.455 e. The van der Waals surface area contributed by atoms with Crippen LogP contribution in [0.4, 0.5) is 0 Å². The van der Waals surface area contributed by atoms with Crippen LogP contribution >= 0.6 is 0 Å². The van der Waals surface area contributed by atoms with Crippen LogP contribution in [-0.4, -0.2) is 13.7 Å². The van der Waals surface area contributed by atoms with Gasteiger partial charge in [0.15, 0.2) is 16.7 Å². The standard InChI is InChI=1S/C38H23NO2.2C36H21NO2/c1-3-11-24(12-4-1)25-21-22-34-32(23-25)29-18-9-16-27(36(29)40-34)28-17-10-19-31-35-38(41-37(28)31)30-15-7-8-20-33(30)39(35)26-13-5-2-6-14-26;1-2-11-23(12-3-1)37-30-18-7-6-14-29(30)36-33(37)32-25(15-9-19-31(32)38-36)26-16-8-17-27-28-21-20-22-10-4-5-13-24(22)34(28)39-35(26)27;1-2-10-24(11-3-1)37-31-16-7-6-13-29(31)36-33(37)30-21-23(18-20-32(30)38-36)26-14-8-15-27-28-19-17-22-9-4-5-12-25(22)34(28)39-35(26)27/h1-23H;2*1-21H. The van der Waals surface area contributed by atoms with Crippen LogP contribution in [0.2, 0.25) is 0 Å². The van der Waals surface area contributed by atoms with Gasteiger partial charge in [0.05, 0.1) is 21.9 Å². The van der Waals surface area contributed by atoms with Crippen LogP contribution in [0.5, 0.6) is 0 Å². The molecule has 0 atom stereocenters. The molecule has 0 radical (unpaired) electrons. The van der Waals surface area contributed by atoms with E-state index in [4.69, 9.17) is 26.5 Å². The molecule has 0 saturated heterocycles. The molecule has 9 heteroatoms. The number of benzene rings is 18. The molecule has 0 unspecified atom stereocenters. The number of fused-ring (bicyclic) bond motifs is 28. The summed E-state index contributed by atoms with van der Waals surface area (Å²) in [6.07, 6.45) is 0. The maximum Gasteiger partial charge on any atom is 0.161 e. The van der Waals surface area contributed by atoms with Gasteiger partial charge in [-0.1, -0.05) is 273 Å². The smallest absolute Gasteiger partial charge is 0.161 e. The average Bonchev–Trinajstić information content (AvgIpc) is 1.56. The summed E-state index contributed by atoms with van der Waals surface area (Å²) in [5.41, 5.74) is 29.5. The van der Waals surface area contributed by atoms with Gasteiger partial charge in [0, 0.05) is 109 Å². The topological polar surface area (TPSA) is 93.6 Å². The Morgan fingerprint density at radius 2 is 0.504 bits per heavy atom. The van der Waals surface area contributed by atoms with Crippen molar-refractivity contribution in [1.82, 2.24) is 13.7 Å². The van der Waals surface area contributed by atoms with Crippen LogP contribution in [0.3, 0.4) is 0 Å². The van der Waals surface area contributed by atoms with E-state index in [-0.39, 0.29) is 0 Å². The second-order valence-corrected chi connectivity index (χ2v) is 30.7. The number of furan rings is 6. The third kappa shape index (κ3) is 10.1. The third-order valence-corrected chi connectivity index (χ3v) is 24.2. The highest BCUT2D eigenvalue weighted by molar-refractivity contribution is 6.26. The molecular weight excluding hydrogens is 1460 g/mol. The highest BCUT2D eigenvalue weighted by atomic mass is 16.4. The highest BCUT2D eigenvalue weighted by Crippen LogP contribution is 2.50. The van der Waals surface area contributed by atoms with E-state index in [1.165, 1.54) is 21.9 Å². The van der Waals surface area contributed by atoms with Gasteiger partial charge in [-0.2, -0.15) is 0 Å². The van der Waals surface area contributed by atoms with Crippen molar-refractivity contribution in [3.05, 3.63) is 394 Å². The summed E-state index contributed by atoms with van der Waals surface area (Å²) >= 11 is 0. The molecule has 0 bridgehead atoms. The summed E-state index contributed by atoms with van der Waals surface area (Å²) in [6, 6.07) is 138. The zero-order valence-corrected chi connectivity index (χ0v) is 63.8. The molecule has 0 aliphatic heterocycles. The summed E-state index contributed by atoms with van der Waals surface area (Å²) in [4.78, 5) is 0. The number of para-hydroxylation sites is 10. The van der Waals surface area contributed by atoms with Crippen LogP contribution in [0.1, 0.15) is 0 Å². The second-order valence-electron chi connectivity index (χ2n) is 30.7. The highest BCUT2D eigenvalue weighted by Gasteiger charge is 2.28. The Hall–Kier alpha value is -16.1. The first-order valence-electron chi connectivity index (χ1n) is 40.3. The molecule has 0 aliphatic carbocycles. The van der Waals surface area contributed by atoms with E-state index in [1.807, 2.05) is 6.07 Å². The molecular formula is C110H65N3O6. The van der Waals surface area contributed by atoms with Crippen molar-refractivity contribution in [2.24, 2.45) is 0 Å². The predicted octanol–water partition coefficient (Wildman–Crippen LogP) is 31.3. The second kappa shape index (κ2) is 26.2. The first-order valence-corrected chi connectivity index (χ1v) is 40.3. The predicted molar refractivity (Wildman–Crippen MR) is 490 cm³/mol. The molecule has 0 fully saturated rings. The maximum absolute atomic E-state index is 6.79. The van der Waals surface area contributed by atoms with Gasteiger partial charge in [0.1, 0.15) is 66.8 Å². The number of nitrogens with zero attached hydrogens (tertiary/aromatic N) is 3. The first kappa shape index (κ1) is 66.3. The molecule has 0 N–H and O–H groups in total. The lowest BCUT2D eigenvalue weighted by molar-refractivity contribution is 0.666. The van der Waals surface area contributed by atoms with Crippen molar-refractivity contribution >= 4 is 186 Å². The fraction of sp³-hybridized carbons (Fsp3) is 0. The van der Waals surface area contributed by atoms with Gasteiger partial charge in [-0.05, 0) is 154 Å². The summed E-state index contributed by atoms with van der Waals surface area (Å²) in [7, 11) is 0. The van der Waals surface area contributed by atoms with Crippen LogP contribution in [-0.2, 0) is 0 Å². The van der Waals surface area contributed by atoms with Crippen molar-refractivity contribution in [3.63, 3.8) is 0 Å². The molecule has 9 heterocycles. The van der Waals surface area contributed by atoms with Crippen molar-refractivity contribution in [3.8, 4) is 61.6 Å². The van der Waals surface area contributed by atoms with Crippen LogP contribution in [0.15, 0.2) is 421 Å². The van der Waals surface area contributed by atoms with Gasteiger partial charge in [-0.15, -0.1) is 0 Å².